The number of carbonyl (C=O) groups excluding carboxylic acids is 1. The van der Waals surface area contributed by atoms with Crippen LogP contribution in [0.25, 0.3) is 0 Å². The van der Waals surface area contributed by atoms with Gasteiger partial charge in [-0.3, -0.25) is 9.59 Å². The summed E-state index contributed by atoms with van der Waals surface area (Å²) < 4.78 is 5.01. The number of benzene rings is 1. The van der Waals surface area contributed by atoms with Crippen LogP contribution < -0.4 is 15.4 Å². The number of hydrogen-bond donors (Lipinski definition) is 3. The van der Waals surface area contributed by atoms with Crippen LogP contribution in [0.1, 0.15) is 19.8 Å². The van der Waals surface area contributed by atoms with E-state index < -0.39 is 12.0 Å². The Bertz CT molecular complexity index is 445. The number of ether oxygens (including phenoxy) is 1. The fourth-order valence-corrected chi connectivity index (χ4v) is 1.64. The van der Waals surface area contributed by atoms with Gasteiger partial charge in [0.25, 0.3) is 0 Å². The Morgan fingerprint density at radius 2 is 1.95 bits per heavy atom. The summed E-state index contributed by atoms with van der Waals surface area (Å²) in [5.74, 6) is -0.675. The molecule has 0 unspecified atom stereocenters. The van der Waals surface area contributed by atoms with Gasteiger partial charge in [0.2, 0.25) is 5.91 Å². The zero-order valence-corrected chi connectivity index (χ0v) is 11.7. The van der Waals surface area contributed by atoms with Gasteiger partial charge in [-0.05, 0) is 37.2 Å². The second kappa shape index (κ2) is 8.16. The third-order valence-electron chi connectivity index (χ3n) is 2.70. The average Bonchev–Trinajstić information content (AvgIpc) is 2.44. The van der Waals surface area contributed by atoms with Gasteiger partial charge in [-0.25, -0.2) is 0 Å². The fraction of sp³-hybridized carbons (Fsp3) is 0.429. The van der Waals surface area contributed by atoms with Gasteiger partial charge in [0.1, 0.15) is 11.8 Å². The van der Waals surface area contributed by atoms with E-state index in [9.17, 15) is 9.59 Å². The standard InChI is InChI=1S/C14H20N2O4/c1-3-8-15-12(14(18)19)9-13(17)16-10-4-6-11(20-2)7-5-10/h4-7,12,15H,3,8-9H2,1-2H3,(H,16,17)(H,18,19)/t12-/m1/s1. The van der Waals surface area contributed by atoms with Crippen molar-refractivity contribution in [2.45, 2.75) is 25.8 Å². The van der Waals surface area contributed by atoms with E-state index in [0.29, 0.717) is 18.0 Å². The molecule has 0 aliphatic rings. The highest BCUT2D eigenvalue weighted by atomic mass is 16.5. The molecule has 6 heteroatoms. The molecule has 1 aromatic carbocycles. The van der Waals surface area contributed by atoms with Crippen LogP contribution in [0.5, 0.6) is 5.75 Å². The Morgan fingerprint density at radius 1 is 1.30 bits per heavy atom. The summed E-state index contributed by atoms with van der Waals surface area (Å²) in [6, 6.07) is 5.98. The first-order chi connectivity index (χ1) is 9.56. The fourth-order valence-electron chi connectivity index (χ4n) is 1.64. The minimum absolute atomic E-state index is 0.110. The van der Waals surface area contributed by atoms with Crippen molar-refractivity contribution in [2.24, 2.45) is 0 Å². The third-order valence-corrected chi connectivity index (χ3v) is 2.70. The predicted molar refractivity (Wildman–Crippen MR) is 76.0 cm³/mol. The summed E-state index contributed by atoms with van der Waals surface area (Å²) in [4.78, 5) is 22.8. The zero-order valence-electron chi connectivity index (χ0n) is 11.7. The maximum atomic E-state index is 11.8. The van der Waals surface area contributed by atoms with Gasteiger partial charge < -0.3 is 20.5 Å². The number of nitrogens with one attached hydrogen (secondary N) is 2. The van der Waals surface area contributed by atoms with E-state index in [1.165, 1.54) is 0 Å². The van der Waals surface area contributed by atoms with E-state index in [4.69, 9.17) is 9.84 Å². The normalized spacial score (nSPS) is 11.7. The Hall–Kier alpha value is -2.08. The summed E-state index contributed by atoms with van der Waals surface area (Å²) >= 11 is 0. The van der Waals surface area contributed by atoms with Crippen LogP contribution in [0.15, 0.2) is 24.3 Å². The molecule has 0 fully saturated rings. The summed E-state index contributed by atoms with van der Waals surface area (Å²) in [7, 11) is 1.56. The molecule has 0 radical (unpaired) electrons. The van der Waals surface area contributed by atoms with Gasteiger partial charge in [0.05, 0.1) is 13.5 Å². The van der Waals surface area contributed by atoms with E-state index in [2.05, 4.69) is 10.6 Å². The minimum Gasteiger partial charge on any atom is -0.497 e. The van der Waals surface area contributed by atoms with Crippen molar-refractivity contribution in [1.82, 2.24) is 5.32 Å². The number of hydrogen-bond acceptors (Lipinski definition) is 4. The van der Waals surface area contributed by atoms with E-state index in [-0.39, 0.29) is 12.3 Å². The molecule has 0 bridgehead atoms. The molecule has 1 atom stereocenters. The molecule has 20 heavy (non-hydrogen) atoms. The smallest absolute Gasteiger partial charge is 0.321 e. The molecule has 3 N–H and O–H groups in total. The third kappa shape index (κ3) is 5.27. The number of carboxylic acids is 1. The molecule has 1 rings (SSSR count). The van der Waals surface area contributed by atoms with Gasteiger partial charge in [-0.15, -0.1) is 0 Å². The van der Waals surface area contributed by atoms with E-state index >= 15 is 0 Å². The number of carbonyl (C=O) groups is 2. The van der Waals surface area contributed by atoms with Gasteiger partial charge in [0.15, 0.2) is 0 Å². The Balaban J connectivity index is 2.53. The first-order valence-electron chi connectivity index (χ1n) is 6.47. The second-order valence-corrected chi connectivity index (χ2v) is 4.33. The Morgan fingerprint density at radius 3 is 2.45 bits per heavy atom. The molecule has 1 aromatic rings. The van der Waals surface area contributed by atoms with Crippen LogP contribution in [-0.4, -0.2) is 36.7 Å². The predicted octanol–water partition coefficient (Wildman–Crippen LogP) is 1.48. The topological polar surface area (TPSA) is 87.7 Å². The highest BCUT2D eigenvalue weighted by Gasteiger charge is 2.20. The van der Waals surface area contributed by atoms with Crippen molar-refractivity contribution in [2.75, 3.05) is 19.0 Å². The number of carboxylic acid groups (broad SMARTS) is 1. The van der Waals surface area contributed by atoms with Crippen molar-refractivity contribution in [3.63, 3.8) is 0 Å². The van der Waals surface area contributed by atoms with Crippen LogP contribution in [0.3, 0.4) is 0 Å². The second-order valence-electron chi connectivity index (χ2n) is 4.33. The summed E-state index contributed by atoms with van der Waals surface area (Å²) in [5, 5.41) is 14.5. The lowest BCUT2D eigenvalue weighted by atomic mass is 10.2. The van der Waals surface area contributed by atoms with E-state index in [1.54, 1.807) is 31.4 Å². The van der Waals surface area contributed by atoms with Gasteiger partial charge in [-0.2, -0.15) is 0 Å². The number of amides is 1. The van der Waals surface area contributed by atoms with Crippen LogP contribution in [0, 0.1) is 0 Å². The molecular weight excluding hydrogens is 260 g/mol. The first-order valence-corrected chi connectivity index (χ1v) is 6.47. The zero-order chi connectivity index (χ0) is 15.0. The molecule has 0 aliphatic heterocycles. The molecule has 110 valence electrons. The average molecular weight is 280 g/mol. The van der Waals surface area contributed by atoms with Crippen molar-refractivity contribution < 1.29 is 19.4 Å². The SMILES string of the molecule is CCCN[C@H](CC(=O)Nc1ccc(OC)cc1)C(=O)O. The van der Waals surface area contributed by atoms with Crippen molar-refractivity contribution in [3.8, 4) is 5.75 Å². The number of anilines is 1. The van der Waals surface area contributed by atoms with Crippen LogP contribution in [0.4, 0.5) is 5.69 Å². The molecule has 0 aromatic heterocycles. The van der Waals surface area contributed by atoms with E-state index in [0.717, 1.165) is 6.42 Å². The van der Waals surface area contributed by atoms with Crippen molar-refractivity contribution in [1.29, 1.82) is 0 Å². The maximum Gasteiger partial charge on any atom is 0.321 e. The highest BCUT2D eigenvalue weighted by molar-refractivity contribution is 5.94. The number of methoxy groups -OCH3 is 1. The number of rotatable bonds is 8. The summed E-state index contributed by atoms with van der Waals surface area (Å²) in [6.45, 7) is 2.50. The molecule has 1 amide bonds. The quantitative estimate of drug-likeness (QED) is 0.671. The molecule has 0 spiro atoms. The summed E-state index contributed by atoms with van der Waals surface area (Å²) in [6.07, 6.45) is 0.700. The van der Waals surface area contributed by atoms with Crippen LogP contribution >= 0.6 is 0 Å². The first kappa shape index (κ1) is 16.0. The summed E-state index contributed by atoms with van der Waals surface area (Å²) in [5.41, 5.74) is 0.607. The maximum absolute atomic E-state index is 11.8. The van der Waals surface area contributed by atoms with Gasteiger partial charge in [-0.1, -0.05) is 6.92 Å². The highest BCUT2D eigenvalue weighted by Crippen LogP contribution is 2.15. The minimum atomic E-state index is -1.02. The lowest BCUT2D eigenvalue weighted by Gasteiger charge is -2.13. The van der Waals surface area contributed by atoms with Crippen molar-refractivity contribution in [3.05, 3.63) is 24.3 Å². The lowest BCUT2D eigenvalue weighted by Crippen LogP contribution is -2.40. The van der Waals surface area contributed by atoms with Gasteiger partial charge >= 0.3 is 5.97 Å². The Kier molecular flexibility index (Phi) is 6.52. The molecule has 0 heterocycles. The molecule has 0 saturated heterocycles. The largest absolute Gasteiger partial charge is 0.497 e. The molecule has 6 nitrogen and oxygen atoms in total. The van der Waals surface area contributed by atoms with Crippen LogP contribution in [0.2, 0.25) is 0 Å². The molecule has 0 aliphatic carbocycles. The van der Waals surface area contributed by atoms with Crippen molar-refractivity contribution >= 4 is 17.6 Å². The van der Waals surface area contributed by atoms with E-state index in [1.807, 2.05) is 6.92 Å². The van der Waals surface area contributed by atoms with Crippen LogP contribution in [-0.2, 0) is 9.59 Å². The lowest BCUT2D eigenvalue weighted by molar-refractivity contribution is -0.141. The number of aliphatic carboxylic acids is 1. The molecular formula is C14H20N2O4. The van der Waals surface area contributed by atoms with Gasteiger partial charge in [0, 0.05) is 5.69 Å². The Labute approximate surface area is 118 Å². The monoisotopic (exact) mass is 280 g/mol. The molecule has 0 saturated carbocycles.